The standard InChI is InChI=1S/7C6H5.CNS.ClH.Pb.Sb/c7*1-2-4-6-5-3-1;2-1-3;;;/h7*1-5H;;1H;;/q;;;;;;;-1;;2*+1/p-1. The molecule has 0 aliphatic carbocycles. The van der Waals surface area contributed by atoms with Crippen LogP contribution in [-0.4, -0.2) is 43.9 Å². The molecule has 0 saturated carbocycles. The number of benzene rings is 7. The molecule has 0 N–H and O–H groups in total. The summed E-state index contributed by atoms with van der Waals surface area (Å²) < 4.78 is 9.82. The zero-order valence-electron chi connectivity index (χ0n) is 26.4. The molecule has 0 atom stereocenters. The molecule has 1 nitrogen and oxygen atoms in total. The summed E-state index contributed by atoms with van der Waals surface area (Å²) in [6.45, 7) is 0. The van der Waals surface area contributed by atoms with E-state index in [9.17, 15) is 0 Å². The average molecular weight is 962 g/mol. The van der Waals surface area contributed by atoms with Gasteiger partial charge in [-0.2, -0.15) is 5.16 Å². The van der Waals surface area contributed by atoms with Crippen LogP contribution in [0.4, 0.5) is 0 Å². The number of halogens is 1. The van der Waals surface area contributed by atoms with Crippen LogP contribution < -0.4 is 23.4 Å². The minimum atomic E-state index is -3.46. The first-order chi connectivity index (χ1) is 23.7. The van der Waals surface area contributed by atoms with E-state index in [0.717, 1.165) is 0 Å². The number of rotatable bonds is 7. The quantitative estimate of drug-likeness (QED) is 0.100. The molecule has 0 heterocycles. The molecule has 0 spiro atoms. The van der Waals surface area contributed by atoms with Gasteiger partial charge in [-0.3, -0.25) is 0 Å². The van der Waals surface area contributed by atoms with Crippen molar-refractivity contribution >= 4 is 87.9 Å². The van der Waals surface area contributed by atoms with Gasteiger partial charge in [0.2, 0.25) is 0 Å². The zero-order chi connectivity index (χ0) is 33.5. The molecule has 0 bridgehead atoms. The second-order valence-corrected chi connectivity index (χ2v) is 37.6. The zero-order valence-corrected chi connectivity index (χ0v) is 34.4. The first kappa shape index (κ1) is 35.7. The molecule has 7 aromatic rings. The van der Waals surface area contributed by atoms with E-state index in [0.29, 0.717) is 0 Å². The number of isothiocyanates is 1. The Balaban J connectivity index is 0.000000177. The first-order valence-corrected chi connectivity index (χ1v) is 31.8. The van der Waals surface area contributed by atoms with Gasteiger partial charge in [0.15, 0.2) is 0 Å². The van der Waals surface area contributed by atoms with Crippen molar-refractivity contribution in [3.63, 3.8) is 0 Å². The molecule has 0 aliphatic rings. The van der Waals surface area contributed by atoms with Crippen molar-refractivity contribution in [3.8, 4) is 0 Å². The first-order valence-electron chi connectivity index (χ1n) is 15.6. The van der Waals surface area contributed by atoms with Crippen molar-refractivity contribution in [2.45, 2.75) is 0 Å². The monoisotopic (exact) mass is 961 g/mol. The predicted octanol–water partition coefficient (Wildman–Crippen LogP) is 6.61. The van der Waals surface area contributed by atoms with Crippen molar-refractivity contribution < 1.29 is 0 Å². The van der Waals surface area contributed by atoms with Gasteiger partial charge in [0, 0.05) is 0 Å². The fourth-order valence-electron chi connectivity index (χ4n) is 6.00. The topological polar surface area (TPSA) is 22.3 Å². The Morgan fingerprint density at radius 3 is 0.729 bits per heavy atom. The molecule has 7 aromatic carbocycles. The van der Waals surface area contributed by atoms with Crippen molar-refractivity contribution in [1.29, 1.82) is 0 Å². The summed E-state index contributed by atoms with van der Waals surface area (Å²) in [6.07, 6.45) is 0. The summed E-state index contributed by atoms with van der Waals surface area (Å²) in [5.41, 5.74) is 0. The SMILES string of the molecule is [Cl][Pb]([c]1ccccc1)([c]1ccccc1)[c]1ccccc1.[N-]=C=S.c1cc[c]([Sb+]([c]2ccccc2)([c]2ccccc2)[c]2ccccc2)cc1. The maximum absolute atomic E-state index is 7.34. The maximum atomic E-state index is 7.34. The third-order valence-electron chi connectivity index (χ3n) is 8.09. The normalized spacial score (nSPS) is 10.7. The number of thiocarbonyl (C=S) groups is 1. The number of hydrogen-bond donors (Lipinski definition) is 0. The molecule has 7 rings (SSSR count). The van der Waals surface area contributed by atoms with E-state index in [2.05, 4.69) is 206 Å². The fraction of sp³-hybridized carbons (Fsp3) is 0. The Morgan fingerprint density at radius 1 is 0.375 bits per heavy atom. The summed E-state index contributed by atoms with van der Waals surface area (Å²) in [7, 11) is 7.34. The van der Waals surface area contributed by atoms with E-state index in [1.54, 1.807) is 0 Å². The van der Waals surface area contributed by atoms with Crippen LogP contribution in [0.2, 0.25) is 0 Å². The van der Waals surface area contributed by atoms with Gasteiger partial charge in [0.1, 0.15) is 0 Å². The molecule has 0 aliphatic heterocycles. The molecule has 0 saturated heterocycles. The third kappa shape index (κ3) is 8.14. The van der Waals surface area contributed by atoms with E-state index in [1.165, 1.54) is 28.6 Å². The predicted molar refractivity (Wildman–Crippen MR) is 216 cm³/mol. The van der Waals surface area contributed by atoms with Crippen LogP contribution in [0.5, 0.6) is 0 Å². The van der Waals surface area contributed by atoms with Crippen molar-refractivity contribution in [2.75, 3.05) is 0 Å². The molecule has 0 aromatic heterocycles. The molecule has 0 fully saturated rings. The Kier molecular flexibility index (Phi) is 13.5. The average Bonchev–Trinajstić information content (AvgIpc) is 3.18. The Hall–Kier alpha value is -3.63. The van der Waals surface area contributed by atoms with Crippen LogP contribution >= 0.6 is 20.5 Å². The molecule has 0 unspecified atom stereocenters. The number of nitrogens with zero attached hydrogens (tertiary/aromatic N) is 1. The van der Waals surface area contributed by atoms with E-state index in [-0.39, 0.29) is 0 Å². The fourth-order valence-corrected chi connectivity index (χ4v) is 33.0. The van der Waals surface area contributed by atoms with E-state index in [4.69, 9.17) is 13.7 Å². The van der Waals surface area contributed by atoms with Crippen LogP contribution in [0.15, 0.2) is 212 Å². The van der Waals surface area contributed by atoms with Gasteiger partial charge in [0.25, 0.3) is 0 Å². The molecule has 48 heavy (non-hydrogen) atoms. The molecule has 5 heteroatoms. The summed E-state index contributed by atoms with van der Waals surface area (Å²) in [5, 5.41) is 8.47. The van der Waals surface area contributed by atoms with Crippen LogP contribution in [0.3, 0.4) is 0 Å². The van der Waals surface area contributed by atoms with Gasteiger partial charge in [-0.15, -0.1) is 0 Å². The second-order valence-electron chi connectivity index (χ2n) is 10.9. The van der Waals surface area contributed by atoms with Gasteiger partial charge in [-0.1, -0.05) is 12.2 Å². The van der Waals surface area contributed by atoms with Crippen molar-refractivity contribution in [3.05, 3.63) is 218 Å². The number of hydrogen-bond acceptors (Lipinski definition) is 1. The Bertz CT molecular complexity index is 1720. The van der Waals surface area contributed by atoms with Gasteiger partial charge in [-0.05, 0) is 0 Å². The van der Waals surface area contributed by atoms with Crippen molar-refractivity contribution in [1.82, 2.24) is 0 Å². The van der Waals surface area contributed by atoms with E-state index in [1.807, 2.05) is 18.2 Å². The van der Waals surface area contributed by atoms with Gasteiger partial charge < -0.3 is 5.41 Å². The molecular weight excluding hydrogens is 927 g/mol. The molecule has 0 amide bonds. The van der Waals surface area contributed by atoms with Crippen LogP contribution in [0, 0.1) is 0 Å². The van der Waals surface area contributed by atoms with Crippen molar-refractivity contribution in [2.24, 2.45) is 0 Å². The van der Waals surface area contributed by atoms with Gasteiger partial charge in [0.05, 0.1) is 0 Å². The summed E-state index contributed by atoms with van der Waals surface area (Å²) in [5.74, 6) is 0. The molecule has 0 radical (unpaired) electrons. The minimum absolute atomic E-state index is 1.30. The second kappa shape index (κ2) is 18.2. The Labute approximate surface area is 302 Å². The summed E-state index contributed by atoms with van der Waals surface area (Å²) in [6, 6.07) is 76.1. The van der Waals surface area contributed by atoms with Crippen LogP contribution in [0.1, 0.15) is 0 Å². The van der Waals surface area contributed by atoms with Crippen LogP contribution in [0.25, 0.3) is 5.41 Å². The Morgan fingerprint density at radius 2 is 0.542 bits per heavy atom. The van der Waals surface area contributed by atoms with Gasteiger partial charge >= 0.3 is 283 Å². The van der Waals surface area contributed by atoms with E-state index >= 15 is 0 Å². The summed E-state index contributed by atoms with van der Waals surface area (Å²) >= 11 is -2.93. The summed E-state index contributed by atoms with van der Waals surface area (Å²) in [4.78, 5) is 0. The van der Waals surface area contributed by atoms with Crippen LogP contribution in [-0.2, 0) is 0 Å². The van der Waals surface area contributed by atoms with E-state index < -0.39 is 38.8 Å². The molecular formula is C43H35ClNPbSSb. The third-order valence-corrected chi connectivity index (χ3v) is 39.2. The molecule has 234 valence electrons. The van der Waals surface area contributed by atoms with Gasteiger partial charge in [-0.25, -0.2) is 0 Å².